The lowest BCUT2D eigenvalue weighted by molar-refractivity contribution is 0.287. The second-order valence-electron chi connectivity index (χ2n) is 7.38. The standard InChI is InChI=1S/C18H39N/c1-6-7-8-9-10-11-12-13-18(4,5)14-15-19-16-17(2)3/h17,19H,6-16H2,1-5H3. The molecule has 0 aromatic rings. The van der Waals surface area contributed by atoms with Crippen LogP contribution in [0.3, 0.4) is 0 Å². The minimum Gasteiger partial charge on any atom is -0.316 e. The molecule has 116 valence electrons. The maximum Gasteiger partial charge on any atom is -0.00258 e. The van der Waals surface area contributed by atoms with Gasteiger partial charge in [-0.1, -0.05) is 79.6 Å². The molecule has 1 nitrogen and oxygen atoms in total. The molecule has 0 bridgehead atoms. The summed E-state index contributed by atoms with van der Waals surface area (Å²) in [4.78, 5) is 0. The van der Waals surface area contributed by atoms with Crippen LogP contribution in [0.15, 0.2) is 0 Å². The maximum absolute atomic E-state index is 3.57. The largest absolute Gasteiger partial charge is 0.316 e. The Kier molecular flexibility index (Phi) is 11.7. The molecule has 1 N–H and O–H groups in total. The molecule has 0 aliphatic rings. The van der Waals surface area contributed by atoms with E-state index in [0.29, 0.717) is 5.41 Å². The van der Waals surface area contributed by atoms with Crippen LogP contribution < -0.4 is 5.32 Å². The summed E-state index contributed by atoms with van der Waals surface area (Å²) in [5.74, 6) is 0.770. The Morgan fingerprint density at radius 3 is 2.00 bits per heavy atom. The first kappa shape index (κ1) is 19.0. The van der Waals surface area contributed by atoms with Gasteiger partial charge in [0, 0.05) is 0 Å². The van der Waals surface area contributed by atoms with Crippen LogP contribution in [-0.2, 0) is 0 Å². The van der Waals surface area contributed by atoms with E-state index in [9.17, 15) is 0 Å². The quantitative estimate of drug-likeness (QED) is 0.417. The van der Waals surface area contributed by atoms with Gasteiger partial charge in [0.05, 0.1) is 0 Å². The monoisotopic (exact) mass is 269 g/mol. The summed E-state index contributed by atoms with van der Waals surface area (Å²) in [6.07, 6.45) is 12.7. The topological polar surface area (TPSA) is 12.0 Å². The molecule has 0 radical (unpaired) electrons. The average molecular weight is 270 g/mol. The van der Waals surface area contributed by atoms with E-state index < -0.39 is 0 Å². The zero-order valence-electron chi connectivity index (χ0n) is 14.4. The predicted molar refractivity (Wildman–Crippen MR) is 88.7 cm³/mol. The third-order valence-corrected chi connectivity index (χ3v) is 3.99. The fourth-order valence-electron chi connectivity index (χ4n) is 2.50. The number of rotatable bonds is 13. The molecular formula is C18H39N. The van der Waals surface area contributed by atoms with Gasteiger partial charge < -0.3 is 5.32 Å². The molecular weight excluding hydrogens is 230 g/mol. The van der Waals surface area contributed by atoms with Gasteiger partial charge in [-0.3, -0.25) is 0 Å². The zero-order chi connectivity index (χ0) is 14.6. The smallest absolute Gasteiger partial charge is 0.00258 e. The molecule has 0 heterocycles. The summed E-state index contributed by atoms with van der Waals surface area (Å²) in [5.41, 5.74) is 0.521. The van der Waals surface area contributed by atoms with E-state index in [1.54, 1.807) is 0 Å². The molecule has 0 fully saturated rings. The summed E-state index contributed by atoms with van der Waals surface area (Å²) in [6, 6.07) is 0. The highest BCUT2D eigenvalue weighted by atomic mass is 14.8. The first-order valence-corrected chi connectivity index (χ1v) is 8.68. The van der Waals surface area contributed by atoms with Gasteiger partial charge in [-0.15, -0.1) is 0 Å². The number of nitrogens with one attached hydrogen (secondary N) is 1. The van der Waals surface area contributed by atoms with E-state index in [1.807, 2.05) is 0 Å². The first-order valence-electron chi connectivity index (χ1n) is 8.68. The molecule has 19 heavy (non-hydrogen) atoms. The van der Waals surface area contributed by atoms with Crippen molar-refractivity contribution < 1.29 is 0 Å². The van der Waals surface area contributed by atoms with Gasteiger partial charge in [0.1, 0.15) is 0 Å². The fourth-order valence-corrected chi connectivity index (χ4v) is 2.50. The third-order valence-electron chi connectivity index (χ3n) is 3.99. The lowest BCUT2D eigenvalue weighted by Gasteiger charge is -2.25. The molecule has 1 heteroatoms. The molecule has 0 aromatic heterocycles. The second-order valence-corrected chi connectivity index (χ2v) is 7.38. The maximum atomic E-state index is 3.57. The van der Waals surface area contributed by atoms with Gasteiger partial charge in [0.2, 0.25) is 0 Å². The molecule has 0 atom stereocenters. The number of hydrogen-bond donors (Lipinski definition) is 1. The van der Waals surface area contributed by atoms with Crippen molar-refractivity contribution in [1.29, 1.82) is 0 Å². The Morgan fingerprint density at radius 1 is 0.842 bits per heavy atom. The summed E-state index contributed by atoms with van der Waals surface area (Å²) in [6.45, 7) is 14.0. The normalized spacial score (nSPS) is 12.3. The lowest BCUT2D eigenvalue weighted by Crippen LogP contribution is -2.25. The summed E-state index contributed by atoms with van der Waals surface area (Å²) < 4.78 is 0. The molecule has 0 spiro atoms. The Balaban J connectivity index is 3.40. The Bertz CT molecular complexity index is 184. The van der Waals surface area contributed by atoms with E-state index in [0.717, 1.165) is 12.5 Å². The number of hydrogen-bond acceptors (Lipinski definition) is 1. The van der Waals surface area contributed by atoms with Gasteiger partial charge >= 0.3 is 0 Å². The first-order chi connectivity index (χ1) is 8.98. The van der Waals surface area contributed by atoms with Crippen molar-refractivity contribution in [3.63, 3.8) is 0 Å². The van der Waals surface area contributed by atoms with E-state index in [-0.39, 0.29) is 0 Å². The van der Waals surface area contributed by atoms with Crippen molar-refractivity contribution in [2.24, 2.45) is 11.3 Å². The van der Waals surface area contributed by atoms with Gasteiger partial charge in [-0.05, 0) is 37.3 Å². The molecule has 0 amide bonds. The van der Waals surface area contributed by atoms with Crippen LogP contribution in [0.5, 0.6) is 0 Å². The molecule has 0 rings (SSSR count). The van der Waals surface area contributed by atoms with Crippen LogP contribution in [0.4, 0.5) is 0 Å². The van der Waals surface area contributed by atoms with Crippen LogP contribution in [0.2, 0.25) is 0 Å². The van der Waals surface area contributed by atoms with Crippen molar-refractivity contribution in [1.82, 2.24) is 5.32 Å². The highest BCUT2D eigenvalue weighted by Gasteiger charge is 2.16. The van der Waals surface area contributed by atoms with Crippen molar-refractivity contribution in [3.8, 4) is 0 Å². The van der Waals surface area contributed by atoms with E-state index >= 15 is 0 Å². The van der Waals surface area contributed by atoms with E-state index in [1.165, 1.54) is 64.3 Å². The lowest BCUT2D eigenvalue weighted by atomic mass is 9.83. The average Bonchev–Trinajstić information content (AvgIpc) is 2.33. The fraction of sp³-hybridized carbons (Fsp3) is 1.00. The summed E-state index contributed by atoms with van der Waals surface area (Å²) >= 11 is 0. The van der Waals surface area contributed by atoms with Crippen LogP contribution in [0, 0.1) is 11.3 Å². The van der Waals surface area contributed by atoms with Gasteiger partial charge in [0.25, 0.3) is 0 Å². The van der Waals surface area contributed by atoms with Crippen molar-refractivity contribution in [2.45, 2.75) is 92.4 Å². The van der Waals surface area contributed by atoms with Crippen LogP contribution >= 0.6 is 0 Å². The zero-order valence-corrected chi connectivity index (χ0v) is 14.4. The van der Waals surface area contributed by atoms with E-state index in [4.69, 9.17) is 0 Å². The van der Waals surface area contributed by atoms with Crippen LogP contribution in [-0.4, -0.2) is 13.1 Å². The summed E-state index contributed by atoms with van der Waals surface area (Å²) in [7, 11) is 0. The highest BCUT2D eigenvalue weighted by Crippen LogP contribution is 2.27. The Labute approximate surface area is 122 Å². The third kappa shape index (κ3) is 14.2. The molecule has 0 aromatic carbocycles. The van der Waals surface area contributed by atoms with Gasteiger partial charge in [-0.25, -0.2) is 0 Å². The minimum absolute atomic E-state index is 0.521. The van der Waals surface area contributed by atoms with Crippen LogP contribution in [0.1, 0.15) is 92.4 Å². The second kappa shape index (κ2) is 11.8. The molecule has 0 unspecified atom stereocenters. The van der Waals surface area contributed by atoms with Crippen molar-refractivity contribution in [3.05, 3.63) is 0 Å². The van der Waals surface area contributed by atoms with Gasteiger partial charge in [0.15, 0.2) is 0 Å². The van der Waals surface area contributed by atoms with E-state index in [2.05, 4.69) is 39.9 Å². The minimum atomic E-state index is 0.521. The molecule has 0 saturated carbocycles. The molecule has 0 aliphatic heterocycles. The molecule has 0 aliphatic carbocycles. The van der Waals surface area contributed by atoms with Crippen LogP contribution in [0.25, 0.3) is 0 Å². The Hall–Kier alpha value is -0.0400. The molecule has 0 saturated heterocycles. The summed E-state index contributed by atoms with van der Waals surface area (Å²) in [5, 5.41) is 3.57. The highest BCUT2D eigenvalue weighted by molar-refractivity contribution is 4.70. The number of unbranched alkanes of at least 4 members (excludes halogenated alkanes) is 6. The Morgan fingerprint density at radius 2 is 1.42 bits per heavy atom. The predicted octanol–water partition coefficient (Wildman–Crippen LogP) is 5.79. The van der Waals surface area contributed by atoms with Gasteiger partial charge in [-0.2, -0.15) is 0 Å². The van der Waals surface area contributed by atoms with Crippen molar-refractivity contribution in [2.75, 3.05) is 13.1 Å². The van der Waals surface area contributed by atoms with Crippen molar-refractivity contribution >= 4 is 0 Å². The SMILES string of the molecule is CCCCCCCCCC(C)(C)CCNCC(C)C.